The lowest BCUT2D eigenvalue weighted by atomic mass is 10.2. The van der Waals surface area contributed by atoms with E-state index in [1.165, 1.54) is 11.3 Å². The molecule has 0 aliphatic rings. The molecule has 90 valence electrons. The molecule has 0 amide bonds. The molecule has 0 saturated carbocycles. The van der Waals surface area contributed by atoms with Gasteiger partial charge in [0.05, 0.1) is 16.4 Å². The van der Waals surface area contributed by atoms with Crippen molar-refractivity contribution >= 4 is 50.5 Å². The molecular weight excluding hydrogens is 345 g/mol. The summed E-state index contributed by atoms with van der Waals surface area (Å²) < 4.78 is 1.37. The lowest BCUT2D eigenvalue weighted by Crippen LogP contribution is -1.98. The van der Waals surface area contributed by atoms with Crippen molar-refractivity contribution in [1.82, 2.24) is 15.0 Å². The second-order valence-corrected chi connectivity index (χ2v) is 6.13. The summed E-state index contributed by atoms with van der Waals surface area (Å²) in [6.45, 7) is 2.09. The van der Waals surface area contributed by atoms with Crippen molar-refractivity contribution < 1.29 is 0 Å². The molecule has 0 spiro atoms. The predicted molar refractivity (Wildman–Crippen MR) is 74.9 cm³/mol. The summed E-state index contributed by atoms with van der Waals surface area (Å²) in [6, 6.07) is 0. The van der Waals surface area contributed by atoms with Crippen LogP contribution in [-0.4, -0.2) is 15.0 Å². The fourth-order valence-corrected chi connectivity index (χ4v) is 2.73. The van der Waals surface area contributed by atoms with Crippen LogP contribution in [0.4, 0.5) is 0 Å². The normalized spacial score (nSPS) is 10.8. The molecule has 7 heteroatoms. The zero-order valence-corrected chi connectivity index (χ0v) is 12.8. The number of hydrogen-bond donors (Lipinski definition) is 0. The highest BCUT2D eigenvalue weighted by atomic mass is 79.9. The van der Waals surface area contributed by atoms with Gasteiger partial charge in [0, 0.05) is 0 Å². The van der Waals surface area contributed by atoms with Gasteiger partial charge in [0.15, 0.2) is 10.8 Å². The molecule has 0 radical (unpaired) electrons. The molecular formula is C10H8BrCl2N3S. The maximum Gasteiger partial charge on any atom is 0.190 e. The van der Waals surface area contributed by atoms with Gasteiger partial charge in [-0.05, 0) is 22.4 Å². The Kier molecular flexibility index (Phi) is 4.36. The first-order valence-electron chi connectivity index (χ1n) is 4.95. The molecule has 17 heavy (non-hydrogen) atoms. The Morgan fingerprint density at radius 3 is 2.71 bits per heavy atom. The van der Waals surface area contributed by atoms with E-state index in [4.69, 9.17) is 23.2 Å². The maximum atomic E-state index is 6.06. The maximum absolute atomic E-state index is 6.06. The molecule has 0 fully saturated rings. The molecule has 3 nitrogen and oxygen atoms in total. The van der Waals surface area contributed by atoms with Gasteiger partial charge in [-0.25, -0.2) is 15.0 Å². The van der Waals surface area contributed by atoms with E-state index >= 15 is 0 Å². The number of nitrogens with zero attached hydrogens (tertiary/aromatic N) is 3. The topological polar surface area (TPSA) is 38.7 Å². The Balaban J connectivity index is 2.48. The van der Waals surface area contributed by atoms with Crippen molar-refractivity contribution in [2.24, 2.45) is 0 Å². The highest BCUT2D eigenvalue weighted by molar-refractivity contribution is 9.10. The van der Waals surface area contributed by atoms with Gasteiger partial charge < -0.3 is 0 Å². The van der Waals surface area contributed by atoms with Gasteiger partial charge >= 0.3 is 0 Å². The van der Waals surface area contributed by atoms with E-state index in [2.05, 4.69) is 37.8 Å². The van der Waals surface area contributed by atoms with Gasteiger partial charge in [-0.1, -0.05) is 47.9 Å². The van der Waals surface area contributed by atoms with Gasteiger partial charge in [-0.15, -0.1) is 0 Å². The van der Waals surface area contributed by atoms with Crippen LogP contribution in [0, 0.1) is 0 Å². The standard InChI is InChI=1S/C10H8BrCl2N3S/c1-2-3-5-7(11)8(13)16-9(15-5)10-14-4-6(12)17-10/h4H,2-3H2,1H3. The van der Waals surface area contributed by atoms with Crippen LogP contribution in [0.25, 0.3) is 10.8 Å². The van der Waals surface area contributed by atoms with Crippen LogP contribution in [0.15, 0.2) is 10.7 Å². The Hall–Kier alpha value is -0.230. The zero-order valence-electron chi connectivity index (χ0n) is 8.88. The fraction of sp³-hybridized carbons (Fsp3) is 0.300. The number of halogens is 3. The molecule has 0 aliphatic heterocycles. The lowest BCUT2D eigenvalue weighted by molar-refractivity contribution is 0.867. The van der Waals surface area contributed by atoms with E-state index in [1.807, 2.05) is 0 Å². The van der Waals surface area contributed by atoms with Crippen molar-refractivity contribution in [3.63, 3.8) is 0 Å². The Bertz CT molecular complexity index is 544. The minimum Gasteiger partial charge on any atom is -0.240 e. The SMILES string of the molecule is CCCc1nc(-c2ncc(Cl)s2)nc(Cl)c1Br. The van der Waals surface area contributed by atoms with E-state index in [0.717, 1.165) is 23.0 Å². The van der Waals surface area contributed by atoms with Crippen LogP contribution in [0.5, 0.6) is 0 Å². The van der Waals surface area contributed by atoms with Crippen molar-refractivity contribution in [1.29, 1.82) is 0 Å². The van der Waals surface area contributed by atoms with Crippen molar-refractivity contribution in [2.75, 3.05) is 0 Å². The van der Waals surface area contributed by atoms with Crippen LogP contribution in [-0.2, 0) is 6.42 Å². The molecule has 2 aromatic rings. The quantitative estimate of drug-likeness (QED) is 0.756. The third kappa shape index (κ3) is 2.96. The van der Waals surface area contributed by atoms with E-state index in [1.54, 1.807) is 6.20 Å². The van der Waals surface area contributed by atoms with E-state index < -0.39 is 0 Å². The Morgan fingerprint density at radius 1 is 1.35 bits per heavy atom. The highest BCUT2D eigenvalue weighted by Crippen LogP contribution is 2.30. The Morgan fingerprint density at radius 2 is 2.12 bits per heavy atom. The second kappa shape index (κ2) is 5.61. The van der Waals surface area contributed by atoms with Gasteiger partial charge in [-0.2, -0.15) is 0 Å². The predicted octanol–water partition coefficient (Wildman–Crippen LogP) is 4.62. The summed E-state index contributed by atoms with van der Waals surface area (Å²) in [7, 11) is 0. The molecule has 0 aliphatic carbocycles. The molecule has 2 aromatic heterocycles. The van der Waals surface area contributed by atoms with Crippen molar-refractivity contribution in [2.45, 2.75) is 19.8 Å². The first kappa shape index (κ1) is 13.2. The fourth-order valence-electron chi connectivity index (χ4n) is 1.32. The van der Waals surface area contributed by atoms with Crippen molar-refractivity contribution in [3.8, 4) is 10.8 Å². The summed E-state index contributed by atoms with van der Waals surface area (Å²) in [5.41, 5.74) is 0.897. The minimum absolute atomic E-state index is 0.407. The molecule has 0 unspecified atom stereocenters. The van der Waals surface area contributed by atoms with Crippen LogP contribution in [0.1, 0.15) is 19.0 Å². The highest BCUT2D eigenvalue weighted by Gasteiger charge is 2.13. The zero-order chi connectivity index (χ0) is 12.4. The minimum atomic E-state index is 0.407. The average Bonchev–Trinajstić information content (AvgIpc) is 2.71. The molecule has 0 atom stereocenters. The van der Waals surface area contributed by atoms with Gasteiger partial charge in [0.2, 0.25) is 0 Å². The Labute approximate surface area is 121 Å². The first-order chi connectivity index (χ1) is 8.11. The molecule has 2 heterocycles. The summed E-state index contributed by atoms with van der Waals surface area (Å²) >= 11 is 16.6. The van der Waals surface area contributed by atoms with Crippen LogP contribution >= 0.6 is 50.5 Å². The van der Waals surface area contributed by atoms with Gasteiger partial charge in [-0.3, -0.25) is 0 Å². The number of hydrogen-bond acceptors (Lipinski definition) is 4. The van der Waals surface area contributed by atoms with Crippen LogP contribution in [0.3, 0.4) is 0 Å². The molecule has 0 aromatic carbocycles. The summed E-state index contributed by atoms with van der Waals surface area (Å²) in [6.07, 6.45) is 3.42. The summed E-state index contributed by atoms with van der Waals surface area (Å²) in [5.74, 6) is 0.526. The first-order valence-corrected chi connectivity index (χ1v) is 7.32. The number of rotatable bonds is 3. The third-order valence-electron chi connectivity index (χ3n) is 2.03. The summed E-state index contributed by atoms with van der Waals surface area (Å²) in [5, 5.41) is 1.09. The molecule has 0 bridgehead atoms. The summed E-state index contributed by atoms with van der Waals surface area (Å²) in [4.78, 5) is 12.8. The largest absolute Gasteiger partial charge is 0.240 e. The van der Waals surface area contributed by atoms with E-state index in [-0.39, 0.29) is 0 Å². The van der Waals surface area contributed by atoms with Crippen molar-refractivity contribution in [3.05, 3.63) is 25.9 Å². The van der Waals surface area contributed by atoms with E-state index in [9.17, 15) is 0 Å². The molecule has 0 N–H and O–H groups in total. The average molecular weight is 353 g/mol. The number of thiazole rings is 1. The third-order valence-corrected chi connectivity index (χ3v) is 4.48. The van der Waals surface area contributed by atoms with Gasteiger partial charge in [0.1, 0.15) is 9.49 Å². The number of aryl methyl sites for hydroxylation is 1. The number of aromatic nitrogens is 3. The smallest absolute Gasteiger partial charge is 0.190 e. The molecule has 2 rings (SSSR count). The second-order valence-electron chi connectivity index (χ2n) is 3.32. The van der Waals surface area contributed by atoms with E-state index in [0.29, 0.717) is 20.3 Å². The van der Waals surface area contributed by atoms with Crippen LogP contribution < -0.4 is 0 Å². The monoisotopic (exact) mass is 351 g/mol. The van der Waals surface area contributed by atoms with Crippen LogP contribution in [0.2, 0.25) is 9.49 Å². The van der Waals surface area contributed by atoms with Gasteiger partial charge in [0.25, 0.3) is 0 Å². The lowest BCUT2D eigenvalue weighted by Gasteiger charge is -2.05. The molecule has 0 saturated heterocycles.